The summed E-state index contributed by atoms with van der Waals surface area (Å²) in [5, 5.41) is 2.99. The Kier molecular flexibility index (Phi) is 5.69. The van der Waals surface area contributed by atoms with E-state index in [0.717, 1.165) is 0 Å². The maximum Gasteiger partial charge on any atom is 0.407 e. The summed E-state index contributed by atoms with van der Waals surface area (Å²) < 4.78 is 5.02. The van der Waals surface area contributed by atoms with Gasteiger partial charge in [0.2, 0.25) is 0 Å². The maximum atomic E-state index is 11.5. The molecule has 1 aliphatic heterocycles. The fraction of sp³-hybridized carbons (Fsp3) is 0.692. The van der Waals surface area contributed by atoms with E-state index in [2.05, 4.69) is 10.2 Å². The number of amides is 3. The molecule has 0 aromatic carbocycles. The standard InChI is InChI=1S/C13H20N2O6/c1-13(2,3)20-12(19)14-8-4-5-11(18)21-15-9(16)6-7-10(15)17/h4-8H2,1-3H3,(H,14,19). The number of alkyl carbamates (subject to hydrolysis) is 1. The number of carbonyl (C=O) groups excluding carboxylic acids is 4. The van der Waals surface area contributed by atoms with Gasteiger partial charge in [-0.1, -0.05) is 0 Å². The van der Waals surface area contributed by atoms with Gasteiger partial charge >= 0.3 is 12.1 Å². The van der Waals surface area contributed by atoms with Gasteiger partial charge < -0.3 is 14.9 Å². The summed E-state index contributed by atoms with van der Waals surface area (Å²) in [4.78, 5) is 49.9. The van der Waals surface area contributed by atoms with Crippen LogP contribution in [0.4, 0.5) is 4.79 Å². The molecule has 1 fully saturated rings. The van der Waals surface area contributed by atoms with Crippen LogP contribution in [0.1, 0.15) is 46.5 Å². The molecule has 118 valence electrons. The Balaban J connectivity index is 2.18. The topological polar surface area (TPSA) is 102 Å². The molecule has 1 rings (SSSR count). The summed E-state index contributed by atoms with van der Waals surface area (Å²) in [7, 11) is 0. The van der Waals surface area contributed by atoms with E-state index in [1.165, 1.54) is 0 Å². The molecule has 0 spiro atoms. The number of rotatable bonds is 5. The van der Waals surface area contributed by atoms with Crippen LogP contribution in [0.3, 0.4) is 0 Å². The highest BCUT2D eigenvalue weighted by Gasteiger charge is 2.32. The molecule has 0 radical (unpaired) electrons. The first kappa shape index (κ1) is 16.9. The molecule has 0 aromatic rings. The lowest BCUT2D eigenvalue weighted by Crippen LogP contribution is -2.34. The normalized spacial score (nSPS) is 15.1. The predicted octanol–water partition coefficient (Wildman–Crippen LogP) is 0.898. The monoisotopic (exact) mass is 300 g/mol. The van der Waals surface area contributed by atoms with Gasteiger partial charge in [-0.05, 0) is 27.2 Å². The Morgan fingerprint density at radius 1 is 1.19 bits per heavy atom. The van der Waals surface area contributed by atoms with Crippen molar-refractivity contribution < 1.29 is 28.8 Å². The van der Waals surface area contributed by atoms with Gasteiger partial charge in [-0.25, -0.2) is 9.59 Å². The molecule has 8 heteroatoms. The number of nitrogens with one attached hydrogen (secondary N) is 1. The van der Waals surface area contributed by atoms with E-state index in [-0.39, 0.29) is 25.8 Å². The Labute approximate surface area is 122 Å². The second-order valence-electron chi connectivity index (χ2n) is 5.58. The van der Waals surface area contributed by atoms with E-state index in [9.17, 15) is 19.2 Å². The number of nitrogens with zero attached hydrogens (tertiary/aromatic N) is 1. The smallest absolute Gasteiger partial charge is 0.407 e. The number of hydrogen-bond acceptors (Lipinski definition) is 6. The molecular formula is C13H20N2O6. The Morgan fingerprint density at radius 3 is 2.29 bits per heavy atom. The average molecular weight is 300 g/mol. The Bertz CT molecular complexity index is 424. The van der Waals surface area contributed by atoms with Crippen molar-refractivity contribution in [2.45, 2.75) is 52.1 Å². The highest BCUT2D eigenvalue weighted by molar-refractivity contribution is 6.01. The quantitative estimate of drug-likeness (QED) is 0.598. The van der Waals surface area contributed by atoms with Crippen LogP contribution in [0.25, 0.3) is 0 Å². The Hall–Kier alpha value is -2.12. The van der Waals surface area contributed by atoms with Crippen molar-refractivity contribution in [1.82, 2.24) is 10.4 Å². The second kappa shape index (κ2) is 7.05. The van der Waals surface area contributed by atoms with Crippen LogP contribution in [0.2, 0.25) is 0 Å². The summed E-state index contributed by atoms with van der Waals surface area (Å²) >= 11 is 0. The van der Waals surface area contributed by atoms with E-state index < -0.39 is 29.5 Å². The second-order valence-corrected chi connectivity index (χ2v) is 5.58. The predicted molar refractivity (Wildman–Crippen MR) is 70.6 cm³/mol. The summed E-state index contributed by atoms with van der Waals surface area (Å²) in [6, 6.07) is 0. The number of hydroxylamine groups is 2. The zero-order chi connectivity index (χ0) is 16.0. The van der Waals surface area contributed by atoms with Crippen molar-refractivity contribution in [2.75, 3.05) is 6.54 Å². The Morgan fingerprint density at radius 2 is 1.76 bits per heavy atom. The molecule has 21 heavy (non-hydrogen) atoms. The molecule has 1 aliphatic rings. The van der Waals surface area contributed by atoms with Crippen molar-refractivity contribution in [3.05, 3.63) is 0 Å². The molecule has 8 nitrogen and oxygen atoms in total. The maximum absolute atomic E-state index is 11.5. The lowest BCUT2D eigenvalue weighted by atomic mass is 10.2. The lowest BCUT2D eigenvalue weighted by Gasteiger charge is -2.19. The van der Waals surface area contributed by atoms with Crippen LogP contribution in [0.5, 0.6) is 0 Å². The average Bonchev–Trinajstić information content (AvgIpc) is 2.64. The molecule has 0 aromatic heterocycles. The first-order valence-corrected chi connectivity index (χ1v) is 6.72. The molecule has 0 aliphatic carbocycles. The van der Waals surface area contributed by atoms with E-state index in [4.69, 9.17) is 4.74 Å². The molecule has 1 N–H and O–H groups in total. The number of ether oxygens (including phenoxy) is 1. The minimum atomic E-state index is -0.690. The molecule has 0 bridgehead atoms. The van der Waals surface area contributed by atoms with Crippen LogP contribution in [-0.4, -0.2) is 41.1 Å². The van der Waals surface area contributed by atoms with Crippen molar-refractivity contribution >= 4 is 23.9 Å². The van der Waals surface area contributed by atoms with Gasteiger partial charge in [0.25, 0.3) is 11.8 Å². The first-order chi connectivity index (χ1) is 9.69. The summed E-state index contributed by atoms with van der Waals surface area (Å²) in [5.41, 5.74) is -0.584. The number of imide groups is 1. The third-order valence-electron chi connectivity index (χ3n) is 2.42. The minimum Gasteiger partial charge on any atom is -0.444 e. The molecule has 0 unspecified atom stereocenters. The van der Waals surface area contributed by atoms with Crippen LogP contribution in [0, 0.1) is 0 Å². The lowest BCUT2D eigenvalue weighted by molar-refractivity contribution is -0.197. The molecule has 1 heterocycles. The molecule has 0 saturated carbocycles. The molecule has 1 saturated heterocycles. The van der Waals surface area contributed by atoms with Gasteiger partial charge in [-0.15, -0.1) is 5.06 Å². The van der Waals surface area contributed by atoms with Crippen LogP contribution >= 0.6 is 0 Å². The van der Waals surface area contributed by atoms with Crippen molar-refractivity contribution in [3.63, 3.8) is 0 Å². The molecular weight excluding hydrogens is 280 g/mol. The van der Waals surface area contributed by atoms with E-state index in [1.54, 1.807) is 20.8 Å². The summed E-state index contributed by atoms with van der Waals surface area (Å²) in [6.45, 7) is 5.46. The van der Waals surface area contributed by atoms with Crippen LogP contribution < -0.4 is 5.32 Å². The fourth-order valence-corrected chi connectivity index (χ4v) is 1.54. The number of carbonyl (C=O) groups is 4. The highest BCUT2D eigenvalue weighted by atomic mass is 16.7. The zero-order valence-corrected chi connectivity index (χ0v) is 12.4. The van der Waals surface area contributed by atoms with E-state index in [0.29, 0.717) is 11.5 Å². The largest absolute Gasteiger partial charge is 0.444 e. The van der Waals surface area contributed by atoms with Gasteiger partial charge in [0.05, 0.1) is 0 Å². The van der Waals surface area contributed by atoms with Gasteiger partial charge in [0.1, 0.15) is 5.60 Å². The minimum absolute atomic E-state index is 0.0210. The van der Waals surface area contributed by atoms with E-state index >= 15 is 0 Å². The highest BCUT2D eigenvalue weighted by Crippen LogP contribution is 2.12. The van der Waals surface area contributed by atoms with E-state index in [1.807, 2.05) is 0 Å². The van der Waals surface area contributed by atoms with Gasteiger partial charge in [0, 0.05) is 25.8 Å². The number of hydrogen-bond donors (Lipinski definition) is 1. The van der Waals surface area contributed by atoms with Crippen LogP contribution in [0.15, 0.2) is 0 Å². The summed E-state index contributed by atoms with van der Waals surface area (Å²) in [6.07, 6.45) is -0.152. The van der Waals surface area contributed by atoms with Gasteiger partial charge in [0.15, 0.2) is 0 Å². The zero-order valence-electron chi connectivity index (χ0n) is 12.4. The fourth-order valence-electron chi connectivity index (χ4n) is 1.54. The van der Waals surface area contributed by atoms with Crippen molar-refractivity contribution in [1.29, 1.82) is 0 Å². The SMILES string of the molecule is CC(C)(C)OC(=O)NCCCC(=O)ON1C(=O)CCC1=O. The van der Waals surface area contributed by atoms with Crippen LogP contribution in [-0.2, 0) is 24.0 Å². The molecule has 3 amide bonds. The van der Waals surface area contributed by atoms with Crippen molar-refractivity contribution in [2.24, 2.45) is 0 Å². The van der Waals surface area contributed by atoms with Crippen molar-refractivity contribution in [3.8, 4) is 0 Å². The van der Waals surface area contributed by atoms with Gasteiger partial charge in [-0.3, -0.25) is 9.59 Å². The third kappa shape index (κ3) is 6.24. The first-order valence-electron chi connectivity index (χ1n) is 6.72. The third-order valence-corrected chi connectivity index (χ3v) is 2.42. The summed E-state index contributed by atoms with van der Waals surface area (Å²) in [5.74, 6) is -1.72. The van der Waals surface area contributed by atoms with Gasteiger partial charge in [-0.2, -0.15) is 0 Å². The molecule has 0 atom stereocenters.